The molecule has 0 bridgehead atoms. The summed E-state index contributed by atoms with van der Waals surface area (Å²) in [4.78, 5) is 14.4. The molecule has 0 atom stereocenters. The van der Waals surface area contributed by atoms with E-state index in [1.54, 1.807) is 29.8 Å². The van der Waals surface area contributed by atoms with Gasteiger partial charge in [0.1, 0.15) is 28.5 Å². The van der Waals surface area contributed by atoms with Crippen LogP contribution in [0.15, 0.2) is 70.0 Å². The molecule has 11 nitrogen and oxygen atoms in total. The molecule has 44 heavy (non-hydrogen) atoms. The second-order valence-corrected chi connectivity index (χ2v) is 14.5. The van der Waals surface area contributed by atoms with Crippen LogP contribution in [0.2, 0.25) is 6.04 Å². The monoisotopic (exact) mass is 642 g/mol. The zero-order chi connectivity index (χ0) is 32.1. The molecule has 4 rings (SSSR count). The second-order valence-electron chi connectivity index (χ2n) is 10.1. The summed E-state index contributed by atoms with van der Waals surface area (Å²) < 4.78 is 66.6. The highest BCUT2D eigenvalue weighted by atomic mass is 32.2. The SMILES string of the molecule is CCN(CC)c1ccc2c(-c3ccccc3S(=O)(=O)[O-])c3cc/c(=[N+](/C)COC(=O)CC[Si](OC)(OC)OC)cc-3oc2c1. The van der Waals surface area contributed by atoms with Gasteiger partial charge in [0.05, 0.1) is 17.4 Å². The van der Waals surface area contributed by atoms with Gasteiger partial charge in [-0.3, -0.25) is 4.79 Å². The molecule has 0 radical (unpaired) electrons. The number of hydrogen-bond acceptors (Lipinski definition) is 10. The van der Waals surface area contributed by atoms with Gasteiger partial charge in [0, 0.05) is 80.4 Å². The van der Waals surface area contributed by atoms with E-state index in [1.165, 1.54) is 33.5 Å². The lowest BCUT2D eigenvalue weighted by Gasteiger charge is -2.23. The van der Waals surface area contributed by atoms with Crippen molar-refractivity contribution >= 4 is 41.5 Å². The number of carbonyl (C=O) groups is 1. The van der Waals surface area contributed by atoms with E-state index < -0.39 is 24.9 Å². The van der Waals surface area contributed by atoms with Crippen molar-refractivity contribution in [3.63, 3.8) is 0 Å². The van der Waals surface area contributed by atoms with Crippen molar-refractivity contribution in [2.24, 2.45) is 0 Å². The molecule has 1 aliphatic carbocycles. The highest BCUT2D eigenvalue weighted by Crippen LogP contribution is 2.42. The summed E-state index contributed by atoms with van der Waals surface area (Å²) in [5, 5.41) is 1.36. The molecule has 0 spiro atoms. The summed E-state index contributed by atoms with van der Waals surface area (Å²) in [6.45, 7) is 5.67. The Balaban J connectivity index is 1.81. The van der Waals surface area contributed by atoms with Crippen molar-refractivity contribution < 1.29 is 40.2 Å². The number of benzene rings is 3. The standard InChI is InChI=1S/C31H38N2O9SSi/c1-7-33(8-2)23-14-16-25-28(20-23)42-27-19-22(32(3)21-41-30(34)17-18-44(38-4,39-5)40-6)13-15-24(27)31(25)26-11-9-10-12-29(26)43(35,36)37/h9-16,19-20H,7-8,17-18,21H2,1-6H3. The van der Waals surface area contributed by atoms with Gasteiger partial charge in [-0.2, -0.15) is 4.58 Å². The molecule has 0 N–H and O–H groups in total. The van der Waals surface area contributed by atoms with Gasteiger partial charge in [0.25, 0.3) is 6.73 Å². The Morgan fingerprint density at radius 1 is 0.955 bits per heavy atom. The number of carbonyl (C=O) groups excluding carboxylic acids is 1. The fourth-order valence-electron chi connectivity index (χ4n) is 5.20. The van der Waals surface area contributed by atoms with Gasteiger partial charge in [0.15, 0.2) is 0 Å². The molecule has 0 fully saturated rings. The van der Waals surface area contributed by atoms with E-state index in [1.807, 2.05) is 30.3 Å². The predicted octanol–water partition coefficient (Wildman–Crippen LogP) is 4.13. The van der Waals surface area contributed by atoms with Crippen LogP contribution in [0.5, 0.6) is 0 Å². The first kappa shape index (κ1) is 33.3. The number of nitrogens with zero attached hydrogens (tertiary/aromatic N) is 2. The Kier molecular flexibility index (Phi) is 10.6. The van der Waals surface area contributed by atoms with Crippen LogP contribution < -0.4 is 14.8 Å². The van der Waals surface area contributed by atoms with Crippen molar-refractivity contribution in [3.8, 4) is 22.5 Å². The van der Waals surface area contributed by atoms with Gasteiger partial charge in [-0.15, -0.1) is 0 Å². The van der Waals surface area contributed by atoms with Crippen molar-refractivity contribution in [1.82, 2.24) is 4.58 Å². The van der Waals surface area contributed by atoms with E-state index in [0.29, 0.717) is 38.8 Å². The molecule has 1 aliphatic heterocycles. The van der Waals surface area contributed by atoms with E-state index in [2.05, 4.69) is 18.7 Å². The summed E-state index contributed by atoms with van der Waals surface area (Å²) in [6, 6.07) is 17.6. The average molecular weight is 643 g/mol. The number of esters is 1. The Hall–Kier alpha value is -3.59. The van der Waals surface area contributed by atoms with E-state index in [9.17, 15) is 17.8 Å². The molecule has 0 amide bonds. The minimum Gasteiger partial charge on any atom is -0.744 e. The van der Waals surface area contributed by atoms with Gasteiger partial charge in [-0.05, 0) is 38.1 Å². The van der Waals surface area contributed by atoms with E-state index in [4.69, 9.17) is 22.4 Å². The number of ether oxygens (including phenoxy) is 1. The van der Waals surface area contributed by atoms with Crippen LogP contribution in [0.1, 0.15) is 20.3 Å². The van der Waals surface area contributed by atoms with Gasteiger partial charge in [-0.1, -0.05) is 18.2 Å². The first-order valence-electron chi connectivity index (χ1n) is 14.2. The van der Waals surface area contributed by atoms with Crippen molar-refractivity contribution in [1.29, 1.82) is 0 Å². The van der Waals surface area contributed by atoms with Crippen LogP contribution in [0, 0.1) is 0 Å². The number of hydrogen-bond donors (Lipinski definition) is 0. The smallest absolute Gasteiger partial charge is 0.500 e. The minimum atomic E-state index is -4.77. The largest absolute Gasteiger partial charge is 0.744 e. The second kappa shape index (κ2) is 14.0. The van der Waals surface area contributed by atoms with Crippen LogP contribution in [-0.4, -0.2) is 75.9 Å². The van der Waals surface area contributed by atoms with Crippen LogP contribution in [0.25, 0.3) is 33.4 Å². The Morgan fingerprint density at radius 2 is 1.64 bits per heavy atom. The summed E-state index contributed by atoms with van der Waals surface area (Å²) in [5.74, 6) is 0.0343. The maximum Gasteiger partial charge on any atom is 0.500 e. The highest BCUT2D eigenvalue weighted by Gasteiger charge is 2.38. The molecule has 0 saturated carbocycles. The number of anilines is 1. The molecule has 13 heteroatoms. The van der Waals surface area contributed by atoms with Crippen LogP contribution in [0.4, 0.5) is 5.69 Å². The highest BCUT2D eigenvalue weighted by molar-refractivity contribution is 7.85. The molecule has 0 aromatic heterocycles. The number of fused-ring (bicyclic) bond motifs is 2. The molecular formula is C31H38N2O9SSi. The van der Waals surface area contributed by atoms with Crippen LogP contribution in [-0.2, 0) is 32.9 Å². The Labute approximate surface area is 258 Å². The third kappa shape index (κ3) is 7.03. The lowest BCUT2D eigenvalue weighted by molar-refractivity contribution is -0.144. The third-order valence-corrected chi connectivity index (χ3v) is 11.3. The molecule has 236 valence electrons. The van der Waals surface area contributed by atoms with E-state index in [0.717, 1.165) is 18.8 Å². The zero-order valence-electron chi connectivity index (χ0n) is 25.8. The zero-order valence-corrected chi connectivity index (χ0v) is 27.6. The van der Waals surface area contributed by atoms with Gasteiger partial charge < -0.3 is 31.9 Å². The normalized spacial score (nSPS) is 12.9. The quantitative estimate of drug-likeness (QED) is 0.0524. The molecule has 0 unspecified atom stereocenters. The van der Waals surface area contributed by atoms with Gasteiger partial charge in [0.2, 0.25) is 5.36 Å². The summed E-state index contributed by atoms with van der Waals surface area (Å²) in [6.07, 6.45) is 0.0644. The fourth-order valence-corrected chi connectivity index (χ4v) is 7.51. The van der Waals surface area contributed by atoms with Crippen molar-refractivity contribution in [3.05, 3.63) is 66.0 Å². The average Bonchev–Trinajstić information content (AvgIpc) is 3.03. The predicted molar refractivity (Wildman–Crippen MR) is 168 cm³/mol. The van der Waals surface area contributed by atoms with Gasteiger partial charge in [-0.25, -0.2) is 8.42 Å². The molecular weight excluding hydrogens is 604 g/mol. The third-order valence-electron chi connectivity index (χ3n) is 7.67. The minimum absolute atomic E-state index is 0.0321. The number of rotatable bonds is 13. The molecule has 2 aliphatic rings. The Bertz CT molecular complexity index is 1770. The maximum absolute atomic E-state index is 12.5. The maximum atomic E-state index is 12.5. The van der Waals surface area contributed by atoms with Crippen LogP contribution >= 0.6 is 0 Å². The fraction of sp³-hybridized carbons (Fsp3) is 0.355. The van der Waals surface area contributed by atoms with Crippen LogP contribution in [0.3, 0.4) is 0 Å². The van der Waals surface area contributed by atoms with E-state index in [-0.39, 0.29) is 24.1 Å². The van der Waals surface area contributed by atoms with Crippen molar-refractivity contribution in [2.45, 2.75) is 31.2 Å². The lowest BCUT2D eigenvalue weighted by atomic mass is 9.93. The lowest BCUT2D eigenvalue weighted by Crippen LogP contribution is -2.43. The molecule has 0 saturated heterocycles. The summed E-state index contributed by atoms with van der Waals surface area (Å²) >= 11 is 0. The van der Waals surface area contributed by atoms with E-state index >= 15 is 0 Å². The first-order valence-corrected chi connectivity index (χ1v) is 17.5. The molecule has 2 aromatic carbocycles. The Morgan fingerprint density at radius 3 is 2.27 bits per heavy atom. The molecule has 2 aromatic rings. The van der Waals surface area contributed by atoms with Gasteiger partial charge >= 0.3 is 14.8 Å². The topological polar surface area (TPSA) is 131 Å². The molecule has 1 heterocycles. The van der Waals surface area contributed by atoms with Crippen molar-refractivity contribution in [2.75, 3.05) is 53.1 Å². The summed E-state index contributed by atoms with van der Waals surface area (Å²) in [7, 11) is -1.45. The summed E-state index contributed by atoms with van der Waals surface area (Å²) in [5.41, 5.74) is 2.97. The first-order chi connectivity index (χ1) is 21.0.